The van der Waals surface area contributed by atoms with Crippen LogP contribution in [-0.2, 0) is 6.42 Å². The molecule has 3 rings (SSSR count). The van der Waals surface area contributed by atoms with Crippen molar-refractivity contribution in [2.24, 2.45) is 0 Å². The molecule has 3 aromatic rings. The Morgan fingerprint density at radius 1 is 0.800 bits per heavy atom. The van der Waals surface area contributed by atoms with Crippen molar-refractivity contribution in [1.29, 1.82) is 0 Å². The lowest BCUT2D eigenvalue weighted by atomic mass is 10.1. The molecule has 0 aliphatic carbocycles. The first-order valence-corrected chi connectivity index (χ1v) is 10.5. The lowest BCUT2D eigenvalue weighted by Gasteiger charge is -2.06. The fourth-order valence-electron chi connectivity index (χ4n) is 3.18. The van der Waals surface area contributed by atoms with Crippen LogP contribution in [0.3, 0.4) is 0 Å². The Morgan fingerprint density at radius 2 is 1.50 bits per heavy atom. The average molecular weight is 403 g/mol. The third-order valence-electron chi connectivity index (χ3n) is 4.91. The molecular weight excluding hydrogens is 375 g/mol. The van der Waals surface area contributed by atoms with Gasteiger partial charge in [-0.1, -0.05) is 61.4 Å². The molecule has 0 spiro atoms. The van der Waals surface area contributed by atoms with Gasteiger partial charge in [-0.15, -0.1) is 0 Å². The highest BCUT2D eigenvalue weighted by atomic mass is 19.1. The van der Waals surface area contributed by atoms with Crippen molar-refractivity contribution in [3.05, 3.63) is 107 Å². The van der Waals surface area contributed by atoms with Gasteiger partial charge in [-0.3, -0.25) is 4.79 Å². The smallest absolute Gasteiger partial charge is 0.185 e. The Kier molecular flexibility index (Phi) is 8.40. The topological polar surface area (TPSA) is 26.3 Å². The first-order chi connectivity index (χ1) is 14.7. The molecule has 0 saturated carbocycles. The highest BCUT2D eigenvalue weighted by molar-refractivity contribution is 6.06. The molecule has 0 radical (unpaired) electrons. The maximum Gasteiger partial charge on any atom is 0.185 e. The summed E-state index contributed by atoms with van der Waals surface area (Å²) in [7, 11) is 0. The number of allylic oxidation sites excluding steroid dienone is 1. The van der Waals surface area contributed by atoms with Crippen molar-refractivity contribution in [3.8, 4) is 5.75 Å². The van der Waals surface area contributed by atoms with Crippen molar-refractivity contribution < 1.29 is 13.9 Å². The van der Waals surface area contributed by atoms with E-state index in [0.717, 1.165) is 24.2 Å². The van der Waals surface area contributed by atoms with Gasteiger partial charge in [0.25, 0.3) is 0 Å². The number of carbonyl (C=O) groups excluding carboxylic acids is 1. The van der Waals surface area contributed by atoms with Crippen LogP contribution in [-0.4, -0.2) is 12.4 Å². The molecule has 0 N–H and O–H groups in total. The summed E-state index contributed by atoms with van der Waals surface area (Å²) in [4.78, 5) is 12.1. The van der Waals surface area contributed by atoms with Crippen molar-refractivity contribution in [3.63, 3.8) is 0 Å². The second-order valence-corrected chi connectivity index (χ2v) is 7.27. The summed E-state index contributed by atoms with van der Waals surface area (Å²) in [6.45, 7) is 0.712. The molecule has 3 heteroatoms. The zero-order valence-electron chi connectivity index (χ0n) is 17.1. The fourth-order valence-corrected chi connectivity index (χ4v) is 3.18. The van der Waals surface area contributed by atoms with Crippen molar-refractivity contribution >= 4 is 11.9 Å². The molecule has 30 heavy (non-hydrogen) atoms. The number of unbranched alkanes of at least 4 members (excludes halogenated alkanes) is 3. The summed E-state index contributed by atoms with van der Waals surface area (Å²) in [5.74, 6) is 0.335. The Bertz CT molecular complexity index is 929. The maximum absolute atomic E-state index is 12.9. The molecule has 0 atom stereocenters. The minimum absolute atomic E-state index is 0.150. The van der Waals surface area contributed by atoms with Gasteiger partial charge in [-0.2, -0.15) is 0 Å². The lowest BCUT2D eigenvalue weighted by Crippen LogP contribution is -1.97. The minimum atomic E-state index is -0.349. The summed E-state index contributed by atoms with van der Waals surface area (Å²) in [5, 5.41) is 0. The number of aryl methyl sites for hydroxylation is 1. The predicted octanol–water partition coefficient (Wildman–Crippen LogP) is 6.90. The van der Waals surface area contributed by atoms with E-state index in [1.54, 1.807) is 6.08 Å². The molecular formula is C27H27FO2. The maximum atomic E-state index is 12.9. The zero-order valence-corrected chi connectivity index (χ0v) is 17.1. The SMILES string of the molecule is O=C(C=Cc1ccc(OCCCCCCc2ccccc2)cc1)c1ccc(F)cc1. The first-order valence-electron chi connectivity index (χ1n) is 10.5. The Balaban J connectivity index is 1.33. The van der Waals surface area contributed by atoms with E-state index >= 15 is 0 Å². The van der Waals surface area contributed by atoms with E-state index in [1.807, 2.05) is 24.3 Å². The highest BCUT2D eigenvalue weighted by Gasteiger charge is 2.02. The van der Waals surface area contributed by atoms with Crippen molar-refractivity contribution in [2.75, 3.05) is 6.61 Å². The number of hydrogen-bond donors (Lipinski definition) is 0. The first kappa shape index (κ1) is 21.5. The van der Waals surface area contributed by atoms with Crippen LogP contribution in [0.2, 0.25) is 0 Å². The second kappa shape index (κ2) is 11.7. The minimum Gasteiger partial charge on any atom is -0.494 e. The third kappa shape index (κ3) is 7.32. The molecule has 0 aliphatic rings. The number of hydrogen-bond acceptors (Lipinski definition) is 2. The summed E-state index contributed by atoms with van der Waals surface area (Å²) >= 11 is 0. The summed E-state index contributed by atoms with van der Waals surface area (Å²) in [6.07, 6.45) is 9.02. The number of ether oxygens (including phenoxy) is 1. The van der Waals surface area contributed by atoms with Crippen LogP contribution in [0.15, 0.2) is 84.9 Å². The highest BCUT2D eigenvalue weighted by Crippen LogP contribution is 2.15. The molecule has 0 unspecified atom stereocenters. The fraction of sp³-hybridized carbons (Fsp3) is 0.222. The Hall–Kier alpha value is -3.20. The van der Waals surface area contributed by atoms with E-state index in [0.29, 0.717) is 12.2 Å². The van der Waals surface area contributed by atoms with Crippen molar-refractivity contribution in [1.82, 2.24) is 0 Å². The van der Waals surface area contributed by atoms with Crippen LogP contribution in [0.4, 0.5) is 4.39 Å². The second-order valence-electron chi connectivity index (χ2n) is 7.27. The van der Waals surface area contributed by atoms with Crippen LogP contribution >= 0.6 is 0 Å². The van der Waals surface area contributed by atoms with Gasteiger partial charge in [0.05, 0.1) is 6.61 Å². The molecule has 0 saturated heterocycles. The number of ketones is 1. The van der Waals surface area contributed by atoms with Crippen LogP contribution < -0.4 is 4.74 Å². The van der Waals surface area contributed by atoms with Crippen LogP contribution in [0.5, 0.6) is 5.75 Å². The largest absolute Gasteiger partial charge is 0.494 e. The van der Waals surface area contributed by atoms with E-state index in [2.05, 4.69) is 30.3 Å². The average Bonchev–Trinajstić information content (AvgIpc) is 2.79. The lowest BCUT2D eigenvalue weighted by molar-refractivity contribution is 0.104. The third-order valence-corrected chi connectivity index (χ3v) is 4.91. The molecule has 0 bridgehead atoms. The van der Waals surface area contributed by atoms with E-state index < -0.39 is 0 Å². The Labute approximate surface area is 178 Å². The van der Waals surface area contributed by atoms with Crippen LogP contribution in [0, 0.1) is 5.82 Å². The van der Waals surface area contributed by atoms with Crippen molar-refractivity contribution in [2.45, 2.75) is 32.1 Å². The van der Waals surface area contributed by atoms with E-state index in [9.17, 15) is 9.18 Å². The van der Waals surface area contributed by atoms with E-state index in [4.69, 9.17) is 4.74 Å². The monoisotopic (exact) mass is 402 g/mol. The van der Waals surface area contributed by atoms with E-state index in [1.165, 1.54) is 55.2 Å². The van der Waals surface area contributed by atoms with Gasteiger partial charge < -0.3 is 4.74 Å². The number of benzene rings is 3. The van der Waals surface area contributed by atoms with Gasteiger partial charge in [0.2, 0.25) is 0 Å². The van der Waals surface area contributed by atoms with Gasteiger partial charge >= 0.3 is 0 Å². The van der Waals surface area contributed by atoms with Crippen LogP contribution in [0.25, 0.3) is 6.08 Å². The van der Waals surface area contributed by atoms with Gasteiger partial charge in [0.15, 0.2) is 5.78 Å². The molecule has 0 aromatic heterocycles. The molecule has 3 aromatic carbocycles. The summed E-state index contributed by atoms with van der Waals surface area (Å²) in [6, 6.07) is 23.8. The number of halogens is 1. The standard InChI is InChI=1S/C27H27FO2/c28-25-16-14-24(15-17-25)27(29)20-13-23-11-18-26(19-12-23)30-21-7-2-1-4-8-22-9-5-3-6-10-22/h3,5-6,9-20H,1-2,4,7-8,21H2. The summed E-state index contributed by atoms with van der Waals surface area (Å²) < 4.78 is 18.7. The van der Waals surface area contributed by atoms with Gasteiger partial charge in [0.1, 0.15) is 11.6 Å². The quantitative estimate of drug-likeness (QED) is 0.198. The predicted molar refractivity (Wildman–Crippen MR) is 120 cm³/mol. The van der Waals surface area contributed by atoms with E-state index in [-0.39, 0.29) is 11.6 Å². The summed E-state index contributed by atoms with van der Waals surface area (Å²) in [5.41, 5.74) is 2.79. The van der Waals surface area contributed by atoms with Gasteiger partial charge in [0, 0.05) is 5.56 Å². The molecule has 2 nitrogen and oxygen atoms in total. The number of rotatable bonds is 11. The Morgan fingerprint density at radius 3 is 2.23 bits per heavy atom. The molecule has 0 fully saturated rings. The zero-order chi connectivity index (χ0) is 21.0. The number of carbonyl (C=O) groups is 1. The van der Waals surface area contributed by atoms with Gasteiger partial charge in [-0.25, -0.2) is 4.39 Å². The normalized spacial score (nSPS) is 11.0. The van der Waals surface area contributed by atoms with Crippen LogP contribution in [0.1, 0.15) is 47.2 Å². The molecule has 154 valence electrons. The molecule has 0 heterocycles. The molecule has 0 aliphatic heterocycles. The van der Waals surface area contributed by atoms with Gasteiger partial charge in [-0.05, 0) is 72.9 Å². The molecule has 0 amide bonds.